The van der Waals surface area contributed by atoms with Crippen molar-refractivity contribution in [1.82, 2.24) is 15.0 Å². The molecule has 3 rings (SSSR count). The average molecular weight is 430 g/mol. The van der Waals surface area contributed by atoms with Crippen LogP contribution in [0.1, 0.15) is 5.69 Å². The Bertz CT molecular complexity index is 903. The molecule has 1 aromatic carbocycles. The summed E-state index contributed by atoms with van der Waals surface area (Å²) in [6.07, 6.45) is -0.536. The molecule has 0 spiro atoms. The Morgan fingerprint density at radius 2 is 2.04 bits per heavy atom. The van der Waals surface area contributed by atoms with Crippen LogP contribution in [0.15, 0.2) is 45.9 Å². The van der Waals surface area contributed by atoms with Gasteiger partial charge in [0.1, 0.15) is 17.8 Å². The predicted molar refractivity (Wildman–Crippen MR) is 90.1 cm³/mol. The zero-order chi connectivity index (χ0) is 18.7. The van der Waals surface area contributed by atoms with Crippen molar-refractivity contribution in [3.8, 4) is 16.9 Å². The second-order valence-electron chi connectivity index (χ2n) is 5.01. The average Bonchev–Trinajstić information content (AvgIpc) is 3.06. The summed E-state index contributed by atoms with van der Waals surface area (Å²) < 4.78 is 46.2. The molecule has 0 aliphatic carbocycles. The van der Waals surface area contributed by atoms with Crippen LogP contribution in [-0.2, 0) is 6.54 Å². The maximum absolute atomic E-state index is 12.3. The summed E-state index contributed by atoms with van der Waals surface area (Å²) in [7, 11) is 0. The molecule has 0 radical (unpaired) electrons. The third-order valence-electron chi connectivity index (χ3n) is 3.19. The van der Waals surface area contributed by atoms with Crippen LogP contribution in [0, 0.1) is 0 Å². The maximum Gasteiger partial charge on any atom is 0.573 e. The fourth-order valence-corrected chi connectivity index (χ4v) is 2.71. The van der Waals surface area contributed by atoms with Crippen molar-refractivity contribution >= 4 is 27.7 Å². The third kappa shape index (κ3) is 4.42. The molecule has 136 valence electrons. The van der Waals surface area contributed by atoms with Crippen LogP contribution in [0.3, 0.4) is 0 Å². The zero-order valence-electron chi connectivity index (χ0n) is 12.9. The molecule has 0 aliphatic rings. The van der Waals surface area contributed by atoms with Gasteiger partial charge in [0.25, 0.3) is 0 Å². The van der Waals surface area contributed by atoms with Gasteiger partial charge in [-0.25, -0.2) is 9.97 Å². The lowest BCUT2D eigenvalue weighted by Crippen LogP contribution is -2.17. The van der Waals surface area contributed by atoms with Gasteiger partial charge in [-0.1, -0.05) is 15.9 Å². The summed E-state index contributed by atoms with van der Waals surface area (Å²) in [5.74, 6) is 0.0943. The molecule has 2 heterocycles. The number of aromatic nitrogens is 3. The van der Waals surface area contributed by atoms with Gasteiger partial charge < -0.3 is 20.2 Å². The van der Waals surface area contributed by atoms with Crippen molar-refractivity contribution < 1.29 is 22.3 Å². The van der Waals surface area contributed by atoms with E-state index in [0.29, 0.717) is 33.7 Å². The lowest BCUT2D eigenvalue weighted by atomic mass is 10.1. The van der Waals surface area contributed by atoms with Crippen molar-refractivity contribution in [3.63, 3.8) is 0 Å². The number of nitrogen functional groups attached to an aromatic ring is 1. The topological polar surface area (TPSA) is 99.1 Å². The van der Waals surface area contributed by atoms with E-state index in [0.717, 1.165) is 0 Å². The van der Waals surface area contributed by atoms with E-state index >= 15 is 0 Å². The highest BCUT2D eigenvalue weighted by molar-refractivity contribution is 9.10. The Labute approximate surface area is 153 Å². The number of hydrogen-bond donors (Lipinski definition) is 2. The second-order valence-corrected chi connectivity index (χ2v) is 5.87. The van der Waals surface area contributed by atoms with Gasteiger partial charge in [0.05, 0.1) is 12.2 Å². The van der Waals surface area contributed by atoms with E-state index in [1.807, 2.05) is 0 Å². The number of rotatable bonds is 5. The Kier molecular flexibility index (Phi) is 4.98. The minimum Gasteiger partial charge on any atom is -0.451 e. The third-order valence-corrected chi connectivity index (χ3v) is 3.85. The van der Waals surface area contributed by atoms with Gasteiger partial charge in [0.15, 0.2) is 6.39 Å². The molecule has 11 heteroatoms. The molecule has 0 saturated carbocycles. The number of nitrogens with zero attached hydrogens (tertiary/aromatic N) is 3. The molecule has 0 saturated heterocycles. The van der Waals surface area contributed by atoms with Crippen LogP contribution in [0.4, 0.5) is 24.9 Å². The highest BCUT2D eigenvalue weighted by atomic mass is 79.9. The minimum atomic E-state index is -4.77. The Balaban J connectivity index is 1.90. The monoisotopic (exact) mass is 429 g/mol. The molecule has 0 amide bonds. The summed E-state index contributed by atoms with van der Waals surface area (Å²) >= 11 is 3.24. The number of alkyl halides is 3. The standard InChI is InChI=1S/C15H11BrF3N5O2/c16-12-3-9(26-15(17,18)19)1-2-10(12)11-5-22-14(20)24-13(11)21-4-8-6-25-7-23-8/h1-3,5-7H,4H2,(H3,20,21,22,24). The maximum atomic E-state index is 12.3. The molecular formula is C15H11BrF3N5O2. The summed E-state index contributed by atoms with van der Waals surface area (Å²) in [4.78, 5) is 12.1. The van der Waals surface area contributed by atoms with Gasteiger partial charge in [-0.3, -0.25) is 0 Å². The number of halogens is 4. The fraction of sp³-hybridized carbons (Fsp3) is 0.133. The van der Waals surface area contributed by atoms with E-state index in [9.17, 15) is 13.2 Å². The fourth-order valence-electron chi connectivity index (χ4n) is 2.14. The van der Waals surface area contributed by atoms with Crippen molar-refractivity contribution in [2.45, 2.75) is 12.9 Å². The number of hydrogen-bond acceptors (Lipinski definition) is 7. The molecule has 0 aliphatic heterocycles. The van der Waals surface area contributed by atoms with Gasteiger partial charge >= 0.3 is 6.36 Å². The first kappa shape index (κ1) is 18.0. The second kappa shape index (κ2) is 7.20. The molecule has 3 aromatic rings. The molecule has 0 unspecified atom stereocenters. The number of oxazole rings is 1. The van der Waals surface area contributed by atoms with E-state index in [1.165, 1.54) is 37.1 Å². The smallest absolute Gasteiger partial charge is 0.451 e. The molecular weight excluding hydrogens is 419 g/mol. The number of ether oxygens (including phenoxy) is 1. The Morgan fingerprint density at radius 3 is 2.69 bits per heavy atom. The van der Waals surface area contributed by atoms with E-state index < -0.39 is 6.36 Å². The SMILES string of the molecule is Nc1ncc(-c2ccc(OC(F)(F)F)cc2Br)c(NCc2cocn2)n1. The van der Waals surface area contributed by atoms with Gasteiger partial charge in [-0.05, 0) is 18.2 Å². The normalized spacial score (nSPS) is 11.4. The Hall–Kier alpha value is -2.82. The quantitative estimate of drug-likeness (QED) is 0.632. The van der Waals surface area contributed by atoms with Crippen LogP contribution >= 0.6 is 15.9 Å². The van der Waals surface area contributed by atoms with Crippen molar-refractivity contribution in [2.75, 3.05) is 11.1 Å². The molecule has 7 nitrogen and oxygen atoms in total. The van der Waals surface area contributed by atoms with E-state index in [-0.39, 0.29) is 11.7 Å². The van der Waals surface area contributed by atoms with E-state index in [2.05, 4.69) is 40.9 Å². The molecule has 0 bridgehead atoms. The number of nitrogens with two attached hydrogens (primary N) is 1. The summed E-state index contributed by atoms with van der Waals surface area (Å²) in [6, 6.07) is 3.87. The van der Waals surface area contributed by atoms with Crippen LogP contribution in [0.5, 0.6) is 5.75 Å². The van der Waals surface area contributed by atoms with Crippen LogP contribution in [-0.4, -0.2) is 21.3 Å². The van der Waals surface area contributed by atoms with Gasteiger partial charge in [-0.15, -0.1) is 13.2 Å². The molecule has 3 N–H and O–H groups in total. The first-order valence-corrected chi connectivity index (χ1v) is 7.90. The predicted octanol–water partition coefficient (Wildman–Crippen LogP) is 3.99. The first-order chi connectivity index (χ1) is 12.3. The van der Waals surface area contributed by atoms with E-state index in [4.69, 9.17) is 10.2 Å². The first-order valence-electron chi connectivity index (χ1n) is 7.11. The van der Waals surface area contributed by atoms with Gasteiger partial charge in [0.2, 0.25) is 5.95 Å². The summed E-state index contributed by atoms with van der Waals surface area (Å²) in [6.45, 7) is 0.312. The van der Waals surface area contributed by atoms with Gasteiger partial charge in [0, 0.05) is 21.8 Å². The molecule has 26 heavy (non-hydrogen) atoms. The molecule has 0 atom stereocenters. The zero-order valence-corrected chi connectivity index (χ0v) is 14.5. The van der Waals surface area contributed by atoms with Crippen LogP contribution < -0.4 is 15.8 Å². The molecule has 0 fully saturated rings. The largest absolute Gasteiger partial charge is 0.573 e. The Morgan fingerprint density at radius 1 is 1.23 bits per heavy atom. The summed E-state index contributed by atoms with van der Waals surface area (Å²) in [5, 5.41) is 3.05. The lowest BCUT2D eigenvalue weighted by molar-refractivity contribution is -0.274. The minimum absolute atomic E-state index is 0.0459. The van der Waals surface area contributed by atoms with Crippen molar-refractivity contribution in [3.05, 3.63) is 47.2 Å². The lowest BCUT2D eigenvalue weighted by Gasteiger charge is -2.14. The van der Waals surface area contributed by atoms with Crippen LogP contribution in [0.2, 0.25) is 0 Å². The number of benzene rings is 1. The number of anilines is 2. The van der Waals surface area contributed by atoms with Crippen molar-refractivity contribution in [1.29, 1.82) is 0 Å². The molecule has 2 aromatic heterocycles. The van der Waals surface area contributed by atoms with Crippen molar-refractivity contribution in [2.24, 2.45) is 0 Å². The van der Waals surface area contributed by atoms with Crippen LogP contribution in [0.25, 0.3) is 11.1 Å². The highest BCUT2D eigenvalue weighted by Crippen LogP contribution is 2.36. The summed E-state index contributed by atoms with van der Waals surface area (Å²) in [5.41, 5.74) is 7.37. The van der Waals surface area contributed by atoms with Gasteiger partial charge in [-0.2, -0.15) is 4.98 Å². The van der Waals surface area contributed by atoms with E-state index in [1.54, 1.807) is 0 Å². The number of nitrogens with one attached hydrogen (secondary N) is 1. The highest BCUT2D eigenvalue weighted by Gasteiger charge is 2.31.